The first-order valence-corrected chi connectivity index (χ1v) is 8.94. The van der Waals surface area contributed by atoms with Crippen molar-refractivity contribution in [3.05, 3.63) is 23.7 Å². The molecule has 3 rings (SSSR count). The second kappa shape index (κ2) is 5.93. The van der Waals surface area contributed by atoms with E-state index in [0.717, 1.165) is 18.6 Å². The Hall–Kier alpha value is -1.13. The molecule has 0 saturated carbocycles. The number of aromatic nitrogens is 1. The SMILES string of the molecule is CCC1CNC(CC)(CC)CN1c1ccc2ncsc2c1. The summed E-state index contributed by atoms with van der Waals surface area (Å²) in [4.78, 5) is 7.01. The fourth-order valence-electron chi connectivity index (χ4n) is 3.37. The molecular weight excluding hydrogens is 278 g/mol. The molecule has 1 aliphatic rings. The molecule has 114 valence electrons. The van der Waals surface area contributed by atoms with E-state index in [1.807, 2.05) is 5.51 Å². The van der Waals surface area contributed by atoms with Crippen molar-refractivity contribution < 1.29 is 0 Å². The minimum atomic E-state index is 0.258. The highest BCUT2D eigenvalue weighted by atomic mass is 32.1. The van der Waals surface area contributed by atoms with Crippen molar-refractivity contribution in [2.75, 3.05) is 18.0 Å². The van der Waals surface area contributed by atoms with Crippen molar-refractivity contribution in [3.63, 3.8) is 0 Å². The maximum Gasteiger partial charge on any atom is 0.0813 e. The zero-order chi connectivity index (χ0) is 14.9. The molecule has 1 unspecified atom stereocenters. The van der Waals surface area contributed by atoms with Crippen LogP contribution in [0.4, 0.5) is 5.69 Å². The van der Waals surface area contributed by atoms with Gasteiger partial charge in [0.05, 0.1) is 15.7 Å². The summed E-state index contributed by atoms with van der Waals surface area (Å²) in [7, 11) is 0. The molecule has 0 radical (unpaired) electrons. The van der Waals surface area contributed by atoms with Crippen LogP contribution in [0.3, 0.4) is 0 Å². The van der Waals surface area contributed by atoms with E-state index in [1.165, 1.54) is 29.6 Å². The van der Waals surface area contributed by atoms with Gasteiger partial charge in [0.2, 0.25) is 0 Å². The Labute approximate surface area is 131 Å². The monoisotopic (exact) mass is 303 g/mol. The topological polar surface area (TPSA) is 28.2 Å². The van der Waals surface area contributed by atoms with Gasteiger partial charge in [0.25, 0.3) is 0 Å². The van der Waals surface area contributed by atoms with E-state index in [9.17, 15) is 0 Å². The highest BCUT2D eigenvalue weighted by molar-refractivity contribution is 7.16. The largest absolute Gasteiger partial charge is 0.365 e. The predicted molar refractivity (Wildman–Crippen MR) is 92.4 cm³/mol. The number of piperazine rings is 1. The van der Waals surface area contributed by atoms with E-state index >= 15 is 0 Å². The van der Waals surface area contributed by atoms with Gasteiger partial charge in [0, 0.05) is 30.4 Å². The zero-order valence-electron chi connectivity index (χ0n) is 13.2. The van der Waals surface area contributed by atoms with Gasteiger partial charge in [0.1, 0.15) is 0 Å². The molecule has 2 heterocycles. The van der Waals surface area contributed by atoms with Crippen LogP contribution >= 0.6 is 11.3 Å². The van der Waals surface area contributed by atoms with Gasteiger partial charge in [-0.3, -0.25) is 0 Å². The van der Waals surface area contributed by atoms with Gasteiger partial charge in [-0.1, -0.05) is 20.8 Å². The lowest BCUT2D eigenvalue weighted by atomic mass is 9.87. The molecule has 1 N–H and O–H groups in total. The minimum Gasteiger partial charge on any atom is -0.365 e. The van der Waals surface area contributed by atoms with Crippen molar-refractivity contribution >= 4 is 27.2 Å². The Bertz CT molecular complexity index is 603. The number of fused-ring (bicyclic) bond motifs is 1. The van der Waals surface area contributed by atoms with Crippen LogP contribution < -0.4 is 10.2 Å². The summed E-state index contributed by atoms with van der Waals surface area (Å²) in [6.45, 7) is 9.07. The number of benzene rings is 1. The third-order valence-corrected chi connectivity index (χ3v) is 5.89. The smallest absolute Gasteiger partial charge is 0.0813 e. The standard InChI is InChI=1S/C17H25N3S/c1-4-13-10-19-17(5-2,6-3)11-20(13)14-7-8-15-16(9-14)21-12-18-15/h7-9,12-13,19H,4-6,10-11H2,1-3H3. The van der Waals surface area contributed by atoms with E-state index in [0.29, 0.717) is 6.04 Å². The number of rotatable bonds is 4. The van der Waals surface area contributed by atoms with Crippen molar-refractivity contribution in [1.82, 2.24) is 10.3 Å². The summed E-state index contributed by atoms with van der Waals surface area (Å²) in [5, 5.41) is 3.81. The van der Waals surface area contributed by atoms with Crippen LogP contribution in [-0.4, -0.2) is 29.7 Å². The summed E-state index contributed by atoms with van der Waals surface area (Å²) in [5.41, 5.74) is 4.66. The molecular formula is C17H25N3S. The number of hydrogen-bond donors (Lipinski definition) is 1. The van der Waals surface area contributed by atoms with Crippen LogP contribution in [0.1, 0.15) is 40.0 Å². The van der Waals surface area contributed by atoms with Crippen LogP contribution in [0, 0.1) is 0 Å². The zero-order valence-corrected chi connectivity index (χ0v) is 14.0. The van der Waals surface area contributed by atoms with E-state index in [2.05, 4.69) is 54.2 Å². The quantitative estimate of drug-likeness (QED) is 0.924. The van der Waals surface area contributed by atoms with Crippen molar-refractivity contribution in [3.8, 4) is 0 Å². The third-order valence-electron chi connectivity index (χ3n) is 5.10. The molecule has 3 nitrogen and oxygen atoms in total. The third kappa shape index (κ3) is 2.67. The molecule has 1 aliphatic heterocycles. The summed E-state index contributed by atoms with van der Waals surface area (Å²) < 4.78 is 1.29. The second-order valence-corrected chi connectivity index (χ2v) is 6.95. The molecule has 2 aromatic rings. The molecule has 0 bridgehead atoms. The van der Waals surface area contributed by atoms with Crippen LogP contribution in [-0.2, 0) is 0 Å². The molecule has 1 aromatic heterocycles. The van der Waals surface area contributed by atoms with E-state index in [1.54, 1.807) is 11.3 Å². The second-order valence-electron chi connectivity index (χ2n) is 6.06. The molecule has 4 heteroatoms. The molecule has 1 aromatic carbocycles. The predicted octanol–water partition coefficient (Wildman–Crippen LogP) is 4.04. The highest BCUT2D eigenvalue weighted by Crippen LogP contribution is 2.31. The van der Waals surface area contributed by atoms with E-state index in [4.69, 9.17) is 0 Å². The van der Waals surface area contributed by atoms with Gasteiger partial charge in [-0.15, -0.1) is 11.3 Å². The van der Waals surface area contributed by atoms with Crippen molar-refractivity contribution in [2.24, 2.45) is 0 Å². The maximum atomic E-state index is 4.39. The number of anilines is 1. The van der Waals surface area contributed by atoms with Gasteiger partial charge in [-0.2, -0.15) is 0 Å². The summed E-state index contributed by atoms with van der Waals surface area (Å²) in [5.74, 6) is 0. The van der Waals surface area contributed by atoms with E-state index in [-0.39, 0.29) is 5.54 Å². The molecule has 0 amide bonds. The summed E-state index contributed by atoms with van der Waals surface area (Å²) in [6, 6.07) is 7.31. The average molecular weight is 303 g/mol. The Morgan fingerprint density at radius 2 is 2.14 bits per heavy atom. The first-order chi connectivity index (χ1) is 10.2. The first-order valence-electron chi connectivity index (χ1n) is 8.06. The number of thiazole rings is 1. The Morgan fingerprint density at radius 3 is 2.86 bits per heavy atom. The molecule has 0 spiro atoms. The lowest BCUT2D eigenvalue weighted by molar-refractivity contribution is 0.246. The van der Waals surface area contributed by atoms with Gasteiger partial charge < -0.3 is 10.2 Å². The highest BCUT2D eigenvalue weighted by Gasteiger charge is 2.36. The number of hydrogen-bond acceptors (Lipinski definition) is 4. The lowest BCUT2D eigenvalue weighted by Crippen LogP contribution is -2.64. The fourth-order valence-corrected chi connectivity index (χ4v) is 4.08. The average Bonchev–Trinajstić information content (AvgIpc) is 3.01. The lowest BCUT2D eigenvalue weighted by Gasteiger charge is -2.48. The van der Waals surface area contributed by atoms with Gasteiger partial charge in [-0.25, -0.2) is 4.98 Å². The number of nitrogens with zero attached hydrogens (tertiary/aromatic N) is 2. The van der Waals surface area contributed by atoms with Gasteiger partial charge in [0.15, 0.2) is 0 Å². The Balaban J connectivity index is 1.95. The van der Waals surface area contributed by atoms with Gasteiger partial charge >= 0.3 is 0 Å². The maximum absolute atomic E-state index is 4.39. The molecule has 1 atom stereocenters. The molecule has 0 aliphatic carbocycles. The van der Waals surface area contributed by atoms with Crippen molar-refractivity contribution in [2.45, 2.75) is 51.6 Å². The van der Waals surface area contributed by atoms with Crippen LogP contribution in [0.15, 0.2) is 23.7 Å². The van der Waals surface area contributed by atoms with Crippen LogP contribution in [0.5, 0.6) is 0 Å². The fraction of sp³-hybridized carbons (Fsp3) is 0.588. The summed E-state index contributed by atoms with van der Waals surface area (Å²) in [6.07, 6.45) is 3.54. The van der Waals surface area contributed by atoms with Crippen LogP contribution in [0.2, 0.25) is 0 Å². The number of nitrogens with one attached hydrogen (secondary N) is 1. The van der Waals surface area contributed by atoms with Gasteiger partial charge in [-0.05, 0) is 37.5 Å². The van der Waals surface area contributed by atoms with E-state index < -0.39 is 0 Å². The van der Waals surface area contributed by atoms with Crippen molar-refractivity contribution in [1.29, 1.82) is 0 Å². The molecule has 21 heavy (non-hydrogen) atoms. The Morgan fingerprint density at radius 1 is 1.33 bits per heavy atom. The minimum absolute atomic E-state index is 0.258. The summed E-state index contributed by atoms with van der Waals surface area (Å²) >= 11 is 1.73. The molecule has 1 fully saturated rings. The Kier molecular flexibility index (Phi) is 4.18. The normalized spacial score (nSPS) is 21.9. The first kappa shape index (κ1) is 14.8. The molecule has 1 saturated heterocycles. The van der Waals surface area contributed by atoms with Crippen LogP contribution in [0.25, 0.3) is 10.2 Å².